The lowest BCUT2D eigenvalue weighted by Crippen LogP contribution is -2.44. The molecule has 1 aliphatic rings. The van der Waals surface area contributed by atoms with Crippen molar-refractivity contribution in [3.05, 3.63) is 53.0 Å². The van der Waals surface area contributed by atoms with E-state index in [4.69, 9.17) is 14.2 Å². The van der Waals surface area contributed by atoms with Crippen LogP contribution >= 0.6 is 0 Å². The predicted octanol–water partition coefficient (Wildman–Crippen LogP) is 2.97. The monoisotopic (exact) mass is 399 g/mol. The van der Waals surface area contributed by atoms with Gasteiger partial charge in [0.15, 0.2) is 0 Å². The van der Waals surface area contributed by atoms with E-state index in [1.807, 2.05) is 31.2 Å². The van der Waals surface area contributed by atoms with E-state index in [-0.39, 0.29) is 18.0 Å². The molecule has 0 bridgehead atoms. The number of carbonyl (C=O) groups is 1. The molecule has 0 radical (unpaired) electrons. The van der Waals surface area contributed by atoms with E-state index in [0.717, 1.165) is 30.2 Å². The molecule has 1 unspecified atom stereocenters. The second-order valence-corrected chi connectivity index (χ2v) is 7.55. The van der Waals surface area contributed by atoms with Gasteiger partial charge >= 0.3 is 5.97 Å². The fourth-order valence-electron chi connectivity index (χ4n) is 3.31. The lowest BCUT2D eigenvalue weighted by Gasteiger charge is -2.33. The van der Waals surface area contributed by atoms with Gasteiger partial charge < -0.3 is 14.2 Å². The Balaban J connectivity index is 1.60. The SMILES string of the molecule is COC(=O)c1ccccc1CN1CCOC(COc2cc(C)nc(C(C)C)n2)C1. The zero-order chi connectivity index (χ0) is 20.8. The maximum absolute atomic E-state index is 12.0. The lowest BCUT2D eigenvalue weighted by molar-refractivity contribution is -0.0511. The summed E-state index contributed by atoms with van der Waals surface area (Å²) in [7, 11) is 1.40. The molecule has 3 rings (SSSR count). The number of hydrogen-bond acceptors (Lipinski definition) is 7. The summed E-state index contributed by atoms with van der Waals surface area (Å²) in [5.41, 5.74) is 2.45. The van der Waals surface area contributed by atoms with Gasteiger partial charge in [0.25, 0.3) is 0 Å². The number of aromatic nitrogens is 2. The van der Waals surface area contributed by atoms with Crippen LogP contribution in [0.1, 0.15) is 47.2 Å². The molecule has 0 saturated carbocycles. The van der Waals surface area contributed by atoms with Crippen LogP contribution in [0.15, 0.2) is 30.3 Å². The van der Waals surface area contributed by atoms with E-state index >= 15 is 0 Å². The van der Waals surface area contributed by atoms with Crippen molar-refractivity contribution < 1.29 is 19.0 Å². The minimum atomic E-state index is -0.311. The average molecular weight is 399 g/mol. The number of aryl methyl sites for hydroxylation is 1. The van der Waals surface area contributed by atoms with E-state index in [2.05, 4.69) is 28.7 Å². The molecule has 1 aromatic heterocycles. The molecule has 156 valence electrons. The lowest BCUT2D eigenvalue weighted by atomic mass is 10.1. The van der Waals surface area contributed by atoms with Crippen molar-refractivity contribution in [2.75, 3.05) is 33.4 Å². The molecule has 29 heavy (non-hydrogen) atoms. The third kappa shape index (κ3) is 5.74. The number of esters is 1. The van der Waals surface area contributed by atoms with E-state index in [1.165, 1.54) is 7.11 Å². The Morgan fingerprint density at radius 1 is 1.31 bits per heavy atom. The third-order valence-electron chi connectivity index (χ3n) is 4.82. The summed E-state index contributed by atoms with van der Waals surface area (Å²) in [4.78, 5) is 23.2. The van der Waals surface area contributed by atoms with Crippen LogP contribution in [-0.4, -0.2) is 60.4 Å². The number of carbonyl (C=O) groups excluding carboxylic acids is 1. The molecule has 7 heteroatoms. The minimum Gasteiger partial charge on any atom is -0.475 e. The van der Waals surface area contributed by atoms with Crippen molar-refractivity contribution in [1.82, 2.24) is 14.9 Å². The molecular weight excluding hydrogens is 370 g/mol. The largest absolute Gasteiger partial charge is 0.475 e. The van der Waals surface area contributed by atoms with Crippen molar-refractivity contribution >= 4 is 5.97 Å². The van der Waals surface area contributed by atoms with Crippen molar-refractivity contribution in [3.8, 4) is 5.88 Å². The van der Waals surface area contributed by atoms with E-state index in [1.54, 1.807) is 6.07 Å². The van der Waals surface area contributed by atoms with Gasteiger partial charge in [-0.3, -0.25) is 4.90 Å². The molecule has 0 aliphatic carbocycles. The minimum absolute atomic E-state index is 0.0631. The summed E-state index contributed by atoms with van der Waals surface area (Å²) in [5.74, 6) is 1.30. The summed E-state index contributed by atoms with van der Waals surface area (Å²) in [6.07, 6.45) is -0.0631. The standard InChI is InChI=1S/C22H29N3O4/c1-15(2)21-23-16(3)11-20(24-21)29-14-18-13-25(9-10-28-18)12-17-7-5-6-8-19(17)22(26)27-4/h5-8,11,15,18H,9-10,12-14H2,1-4H3. The highest BCUT2D eigenvalue weighted by atomic mass is 16.5. The van der Waals surface area contributed by atoms with Gasteiger partial charge in [0.1, 0.15) is 18.5 Å². The van der Waals surface area contributed by atoms with E-state index in [0.29, 0.717) is 31.2 Å². The van der Waals surface area contributed by atoms with Crippen molar-refractivity contribution in [1.29, 1.82) is 0 Å². The second-order valence-electron chi connectivity index (χ2n) is 7.55. The average Bonchev–Trinajstić information content (AvgIpc) is 2.72. The highest BCUT2D eigenvalue weighted by Gasteiger charge is 2.23. The summed E-state index contributed by atoms with van der Waals surface area (Å²) in [5, 5.41) is 0. The maximum Gasteiger partial charge on any atom is 0.338 e. The first-order valence-electron chi connectivity index (χ1n) is 9.94. The third-order valence-corrected chi connectivity index (χ3v) is 4.82. The molecule has 1 atom stereocenters. The van der Waals surface area contributed by atoms with Gasteiger partial charge in [0, 0.05) is 37.3 Å². The number of hydrogen-bond donors (Lipinski definition) is 0. The number of methoxy groups -OCH3 is 1. The van der Waals surface area contributed by atoms with Gasteiger partial charge in [-0.25, -0.2) is 9.78 Å². The summed E-state index contributed by atoms with van der Waals surface area (Å²) < 4.78 is 16.7. The Morgan fingerprint density at radius 2 is 2.10 bits per heavy atom. The fourth-order valence-corrected chi connectivity index (χ4v) is 3.31. The molecule has 0 amide bonds. The number of morpholine rings is 1. The van der Waals surface area contributed by atoms with Crippen LogP contribution in [0, 0.1) is 6.92 Å². The molecule has 0 N–H and O–H groups in total. The summed E-state index contributed by atoms with van der Waals surface area (Å²) >= 11 is 0. The van der Waals surface area contributed by atoms with Gasteiger partial charge in [-0.15, -0.1) is 0 Å². The van der Waals surface area contributed by atoms with Gasteiger partial charge in [0.2, 0.25) is 5.88 Å². The van der Waals surface area contributed by atoms with Crippen LogP contribution < -0.4 is 4.74 Å². The highest BCUT2D eigenvalue weighted by molar-refractivity contribution is 5.90. The normalized spacial score (nSPS) is 17.3. The van der Waals surface area contributed by atoms with Gasteiger partial charge in [-0.2, -0.15) is 4.98 Å². The Hall–Kier alpha value is -2.51. The molecule has 2 aromatic rings. The molecule has 1 aliphatic heterocycles. The molecular formula is C22H29N3O4. The summed E-state index contributed by atoms with van der Waals surface area (Å²) in [6, 6.07) is 9.39. The van der Waals surface area contributed by atoms with Gasteiger partial charge in [-0.1, -0.05) is 32.0 Å². The van der Waals surface area contributed by atoms with E-state index < -0.39 is 0 Å². The first-order valence-corrected chi connectivity index (χ1v) is 9.94. The second kappa shape index (κ2) is 9.80. The summed E-state index contributed by atoms with van der Waals surface area (Å²) in [6.45, 7) is 9.29. The number of benzene rings is 1. The fraction of sp³-hybridized carbons (Fsp3) is 0.500. The Kier molecular flexibility index (Phi) is 7.17. The van der Waals surface area contributed by atoms with Crippen molar-refractivity contribution in [2.24, 2.45) is 0 Å². The number of ether oxygens (including phenoxy) is 3. The first kappa shape index (κ1) is 21.2. The van der Waals surface area contributed by atoms with E-state index in [9.17, 15) is 4.79 Å². The van der Waals surface area contributed by atoms with Crippen LogP contribution in [0.3, 0.4) is 0 Å². The number of nitrogens with zero attached hydrogens (tertiary/aromatic N) is 3. The quantitative estimate of drug-likeness (QED) is 0.663. The molecule has 1 aromatic carbocycles. The van der Waals surface area contributed by atoms with Crippen LogP contribution in [0.5, 0.6) is 5.88 Å². The highest BCUT2D eigenvalue weighted by Crippen LogP contribution is 2.18. The maximum atomic E-state index is 12.0. The molecule has 1 saturated heterocycles. The van der Waals surface area contributed by atoms with Crippen molar-refractivity contribution in [3.63, 3.8) is 0 Å². The number of rotatable bonds is 7. The predicted molar refractivity (Wildman–Crippen MR) is 109 cm³/mol. The van der Waals surface area contributed by atoms with Gasteiger partial charge in [-0.05, 0) is 18.6 Å². The van der Waals surface area contributed by atoms with Crippen LogP contribution in [0.4, 0.5) is 0 Å². The molecule has 0 spiro atoms. The van der Waals surface area contributed by atoms with Crippen LogP contribution in [0.25, 0.3) is 0 Å². The van der Waals surface area contributed by atoms with Crippen LogP contribution in [0.2, 0.25) is 0 Å². The van der Waals surface area contributed by atoms with Crippen LogP contribution in [-0.2, 0) is 16.0 Å². The molecule has 1 fully saturated rings. The first-order chi connectivity index (χ1) is 14.0. The smallest absolute Gasteiger partial charge is 0.338 e. The molecule has 2 heterocycles. The Labute approximate surface area is 172 Å². The zero-order valence-electron chi connectivity index (χ0n) is 17.6. The molecule has 7 nitrogen and oxygen atoms in total. The zero-order valence-corrected chi connectivity index (χ0v) is 17.6. The Bertz CT molecular complexity index is 841. The Morgan fingerprint density at radius 3 is 2.86 bits per heavy atom. The van der Waals surface area contributed by atoms with Crippen molar-refractivity contribution in [2.45, 2.75) is 39.3 Å². The topological polar surface area (TPSA) is 73.8 Å². The van der Waals surface area contributed by atoms with Gasteiger partial charge in [0.05, 0.1) is 19.3 Å².